The van der Waals surface area contributed by atoms with Crippen molar-refractivity contribution in [3.05, 3.63) is 30.1 Å². The number of carbonyl (C=O) groups is 1. The summed E-state index contributed by atoms with van der Waals surface area (Å²) in [5.41, 5.74) is 10.3. The van der Waals surface area contributed by atoms with Crippen molar-refractivity contribution in [1.82, 2.24) is 0 Å². The summed E-state index contributed by atoms with van der Waals surface area (Å²) in [5, 5.41) is 0. The molecular formula is C10H13FN2O2. The van der Waals surface area contributed by atoms with Crippen LogP contribution in [0.2, 0.25) is 0 Å². The maximum absolute atomic E-state index is 12.7. The van der Waals surface area contributed by atoms with Crippen LogP contribution >= 0.6 is 0 Å². The highest BCUT2D eigenvalue weighted by Crippen LogP contribution is 2.12. The lowest BCUT2D eigenvalue weighted by atomic mass is 10.2. The number of primary amides is 1. The van der Waals surface area contributed by atoms with Gasteiger partial charge in [-0.2, -0.15) is 0 Å². The van der Waals surface area contributed by atoms with E-state index in [1.165, 1.54) is 12.1 Å². The van der Waals surface area contributed by atoms with E-state index >= 15 is 0 Å². The number of halogens is 1. The fraction of sp³-hybridized carbons (Fsp3) is 0.300. The maximum atomic E-state index is 12.7. The summed E-state index contributed by atoms with van der Waals surface area (Å²) in [6.07, 6.45) is 0.311. The molecule has 1 atom stereocenters. The maximum Gasteiger partial charge on any atom is 0.234 e. The number of hydrogen-bond donors (Lipinski definition) is 2. The molecule has 0 aliphatic heterocycles. The highest BCUT2D eigenvalue weighted by atomic mass is 19.1. The third kappa shape index (κ3) is 3.95. The number of rotatable bonds is 5. The van der Waals surface area contributed by atoms with Crippen LogP contribution in [0.5, 0.6) is 5.75 Å². The van der Waals surface area contributed by atoms with Crippen LogP contribution in [0.1, 0.15) is 6.42 Å². The molecule has 0 bridgehead atoms. The fourth-order valence-electron chi connectivity index (χ4n) is 1.00. The number of carbonyl (C=O) groups excluding carboxylic acids is 1. The van der Waals surface area contributed by atoms with E-state index < -0.39 is 11.9 Å². The lowest BCUT2D eigenvalue weighted by Gasteiger charge is -2.09. The Morgan fingerprint density at radius 2 is 2.27 bits per heavy atom. The molecule has 0 heterocycles. The van der Waals surface area contributed by atoms with Gasteiger partial charge < -0.3 is 16.2 Å². The van der Waals surface area contributed by atoms with E-state index in [2.05, 4.69) is 0 Å². The van der Waals surface area contributed by atoms with Crippen LogP contribution in [0.15, 0.2) is 24.3 Å². The third-order valence-electron chi connectivity index (χ3n) is 1.86. The normalized spacial score (nSPS) is 12.1. The van der Waals surface area contributed by atoms with E-state index in [0.29, 0.717) is 12.2 Å². The Bertz CT molecular complexity index is 344. The molecule has 1 rings (SSSR count). The number of amides is 1. The highest BCUT2D eigenvalue weighted by Gasteiger charge is 2.08. The van der Waals surface area contributed by atoms with E-state index in [9.17, 15) is 9.18 Å². The van der Waals surface area contributed by atoms with Crippen LogP contribution in [0.25, 0.3) is 0 Å². The summed E-state index contributed by atoms with van der Waals surface area (Å²) >= 11 is 0. The minimum Gasteiger partial charge on any atom is -0.493 e. The second kappa shape index (κ2) is 5.31. The largest absolute Gasteiger partial charge is 0.493 e. The van der Waals surface area contributed by atoms with Gasteiger partial charge in [0.15, 0.2) is 0 Å². The van der Waals surface area contributed by atoms with Crippen molar-refractivity contribution < 1.29 is 13.9 Å². The minimum absolute atomic E-state index is 0.230. The van der Waals surface area contributed by atoms with Crippen molar-refractivity contribution in [2.75, 3.05) is 6.61 Å². The van der Waals surface area contributed by atoms with Gasteiger partial charge >= 0.3 is 0 Å². The second-order valence-corrected chi connectivity index (χ2v) is 3.10. The highest BCUT2D eigenvalue weighted by molar-refractivity contribution is 5.79. The molecule has 0 fully saturated rings. The predicted molar refractivity (Wildman–Crippen MR) is 53.7 cm³/mol. The van der Waals surface area contributed by atoms with E-state index in [1.54, 1.807) is 12.1 Å². The number of nitrogens with two attached hydrogens (primary N) is 2. The first-order valence-electron chi connectivity index (χ1n) is 4.53. The average Bonchev–Trinajstić information content (AvgIpc) is 2.17. The molecule has 0 radical (unpaired) electrons. The summed E-state index contributed by atoms with van der Waals surface area (Å²) in [6.45, 7) is 0.230. The van der Waals surface area contributed by atoms with Crippen LogP contribution in [0.3, 0.4) is 0 Å². The Balaban J connectivity index is 2.35. The van der Waals surface area contributed by atoms with Gasteiger partial charge in [-0.25, -0.2) is 4.39 Å². The molecule has 5 heteroatoms. The molecule has 0 aromatic heterocycles. The first kappa shape index (κ1) is 11.5. The lowest BCUT2D eigenvalue weighted by Crippen LogP contribution is -2.37. The smallest absolute Gasteiger partial charge is 0.234 e. The first-order valence-corrected chi connectivity index (χ1v) is 4.53. The zero-order valence-electron chi connectivity index (χ0n) is 8.15. The molecule has 1 amide bonds. The Labute approximate surface area is 87.0 Å². The lowest BCUT2D eigenvalue weighted by molar-refractivity contribution is -0.119. The Morgan fingerprint density at radius 1 is 1.53 bits per heavy atom. The molecule has 0 aliphatic carbocycles. The van der Waals surface area contributed by atoms with E-state index in [4.69, 9.17) is 16.2 Å². The van der Waals surface area contributed by atoms with Gasteiger partial charge in [0.1, 0.15) is 11.6 Å². The zero-order chi connectivity index (χ0) is 11.3. The van der Waals surface area contributed by atoms with E-state index in [1.807, 2.05) is 0 Å². The van der Waals surface area contributed by atoms with Gasteiger partial charge in [-0.15, -0.1) is 0 Å². The molecule has 1 aromatic carbocycles. The number of hydrogen-bond acceptors (Lipinski definition) is 3. The molecule has 1 aromatic rings. The van der Waals surface area contributed by atoms with E-state index in [0.717, 1.165) is 0 Å². The van der Waals surface area contributed by atoms with E-state index in [-0.39, 0.29) is 12.4 Å². The second-order valence-electron chi connectivity index (χ2n) is 3.10. The minimum atomic E-state index is -0.724. The van der Waals surface area contributed by atoms with Gasteiger partial charge in [-0.1, -0.05) is 6.07 Å². The number of benzene rings is 1. The van der Waals surface area contributed by atoms with Gasteiger partial charge in [0, 0.05) is 12.5 Å². The first-order chi connectivity index (χ1) is 7.09. The molecule has 0 saturated carbocycles. The van der Waals surface area contributed by atoms with Crippen molar-refractivity contribution in [2.45, 2.75) is 12.5 Å². The van der Waals surface area contributed by atoms with Crippen LogP contribution in [-0.2, 0) is 4.79 Å². The number of ether oxygens (including phenoxy) is 1. The molecule has 4 N–H and O–H groups in total. The van der Waals surface area contributed by atoms with Crippen LogP contribution in [0, 0.1) is 5.82 Å². The molecule has 0 saturated heterocycles. The van der Waals surface area contributed by atoms with Gasteiger partial charge in [0.2, 0.25) is 5.91 Å². The van der Waals surface area contributed by atoms with Crippen LogP contribution in [0.4, 0.5) is 4.39 Å². The van der Waals surface area contributed by atoms with Gasteiger partial charge in [-0.3, -0.25) is 4.79 Å². The molecular weight excluding hydrogens is 199 g/mol. The SMILES string of the molecule is NC(=O)[C@@H](N)CCOc1cccc(F)c1. The molecule has 0 spiro atoms. The summed E-state index contributed by atoms with van der Waals surface area (Å²) in [6, 6.07) is 5.02. The molecule has 82 valence electrons. The summed E-state index contributed by atoms with van der Waals surface area (Å²) in [4.78, 5) is 10.6. The van der Waals surface area contributed by atoms with Crippen LogP contribution < -0.4 is 16.2 Å². The summed E-state index contributed by atoms with van der Waals surface area (Å²) < 4.78 is 17.9. The van der Waals surface area contributed by atoms with Crippen molar-refractivity contribution >= 4 is 5.91 Å². The Morgan fingerprint density at radius 3 is 2.87 bits per heavy atom. The topological polar surface area (TPSA) is 78.3 Å². The van der Waals surface area contributed by atoms with Crippen molar-refractivity contribution in [2.24, 2.45) is 11.5 Å². The summed E-state index contributed by atoms with van der Waals surface area (Å²) in [5.74, 6) is -0.531. The standard InChI is InChI=1S/C10H13FN2O2/c11-7-2-1-3-8(6-7)15-5-4-9(12)10(13)14/h1-3,6,9H,4-5,12H2,(H2,13,14)/t9-/m0/s1. The van der Waals surface area contributed by atoms with Gasteiger partial charge in [-0.05, 0) is 12.1 Å². The molecule has 4 nitrogen and oxygen atoms in total. The Hall–Kier alpha value is -1.62. The van der Waals surface area contributed by atoms with Crippen molar-refractivity contribution in [3.63, 3.8) is 0 Å². The van der Waals surface area contributed by atoms with Crippen molar-refractivity contribution in [3.8, 4) is 5.75 Å². The van der Waals surface area contributed by atoms with Crippen molar-refractivity contribution in [1.29, 1.82) is 0 Å². The zero-order valence-corrected chi connectivity index (χ0v) is 8.15. The molecule has 0 aliphatic rings. The third-order valence-corrected chi connectivity index (χ3v) is 1.86. The average molecular weight is 212 g/mol. The molecule has 15 heavy (non-hydrogen) atoms. The predicted octanol–water partition coefficient (Wildman–Crippen LogP) is 0.407. The monoisotopic (exact) mass is 212 g/mol. The summed E-state index contributed by atoms with van der Waals surface area (Å²) in [7, 11) is 0. The Kier molecular flexibility index (Phi) is 4.05. The van der Waals surface area contributed by atoms with Crippen LogP contribution in [-0.4, -0.2) is 18.6 Å². The van der Waals surface area contributed by atoms with Gasteiger partial charge in [0.25, 0.3) is 0 Å². The fourth-order valence-corrected chi connectivity index (χ4v) is 1.00. The van der Waals surface area contributed by atoms with Gasteiger partial charge in [0.05, 0.1) is 12.6 Å². The molecule has 0 unspecified atom stereocenters. The quantitative estimate of drug-likeness (QED) is 0.741.